The van der Waals surface area contributed by atoms with Crippen LogP contribution in [-0.4, -0.2) is 27.7 Å². The van der Waals surface area contributed by atoms with E-state index < -0.39 is 0 Å². The van der Waals surface area contributed by atoms with Crippen LogP contribution in [-0.2, 0) is 0 Å². The molecular weight excluding hydrogens is 320 g/mol. The van der Waals surface area contributed by atoms with Crippen LogP contribution in [0.15, 0.2) is 29.4 Å². The second kappa shape index (κ2) is 8.24. The molecule has 3 rings (SSSR count). The highest BCUT2D eigenvalue weighted by Gasteiger charge is 2.21. The molecule has 1 aromatic carbocycles. The maximum atomic E-state index is 5.60. The van der Waals surface area contributed by atoms with Crippen LogP contribution in [0.25, 0.3) is 0 Å². The minimum atomic E-state index is 0.452. The Hall–Kier alpha value is -1.95. The van der Waals surface area contributed by atoms with E-state index in [-0.39, 0.29) is 0 Å². The van der Waals surface area contributed by atoms with Crippen molar-refractivity contribution in [2.24, 2.45) is 5.10 Å². The second-order valence-corrected chi connectivity index (χ2v) is 6.58. The molecule has 0 saturated heterocycles. The molecule has 2 aromatic rings. The van der Waals surface area contributed by atoms with Crippen molar-refractivity contribution in [3.63, 3.8) is 0 Å². The van der Waals surface area contributed by atoms with Crippen molar-refractivity contribution in [1.82, 2.24) is 14.9 Å². The first-order valence-electron chi connectivity index (χ1n) is 8.72. The average molecular weight is 344 g/mol. The van der Waals surface area contributed by atoms with Crippen LogP contribution >= 0.6 is 12.2 Å². The van der Waals surface area contributed by atoms with Crippen LogP contribution in [0, 0.1) is 4.77 Å². The third-order valence-electron chi connectivity index (χ3n) is 4.32. The van der Waals surface area contributed by atoms with Gasteiger partial charge in [-0.15, -0.1) is 0 Å². The summed E-state index contributed by atoms with van der Waals surface area (Å²) in [7, 11) is 0. The number of nitrogens with one attached hydrogen (secondary N) is 1. The summed E-state index contributed by atoms with van der Waals surface area (Å²) in [6, 6.07) is 7.93. The molecule has 6 heteroatoms. The van der Waals surface area contributed by atoms with Gasteiger partial charge in [-0.25, -0.2) is 0 Å². The molecule has 1 aliphatic rings. The zero-order chi connectivity index (χ0) is 16.8. The monoisotopic (exact) mass is 344 g/mol. The van der Waals surface area contributed by atoms with Crippen molar-refractivity contribution < 1.29 is 4.74 Å². The third kappa shape index (κ3) is 4.12. The normalized spacial score (nSPS) is 15.9. The Morgan fingerprint density at radius 3 is 2.75 bits per heavy atom. The maximum absolute atomic E-state index is 5.60. The maximum Gasteiger partial charge on any atom is 0.216 e. The number of benzene rings is 1. The van der Waals surface area contributed by atoms with Gasteiger partial charge in [0.2, 0.25) is 4.77 Å². The van der Waals surface area contributed by atoms with Gasteiger partial charge in [-0.3, -0.25) is 5.10 Å². The Morgan fingerprint density at radius 1 is 1.29 bits per heavy atom. The molecule has 1 fully saturated rings. The second-order valence-electron chi connectivity index (χ2n) is 6.20. The minimum absolute atomic E-state index is 0.452. The Labute approximate surface area is 147 Å². The molecule has 1 N–H and O–H groups in total. The fourth-order valence-corrected chi connectivity index (χ4v) is 3.22. The van der Waals surface area contributed by atoms with E-state index >= 15 is 0 Å². The predicted molar refractivity (Wildman–Crippen MR) is 98.5 cm³/mol. The summed E-state index contributed by atoms with van der Waals surface area (Å²) in [5.74, 6) is 2.30. The number of hydrogen-bond acceptors (Lipinski definition) is 4. The molecule has 0 bridgehead atoms. The summed E-state index contributed by atoms with van der Waals surface area (Å²) in [6.45, 7) is 2.84. The van der Waals surface area contributed by atoms with Crippen LogP contribution in [0.3, 0.4) is 0 Å². The Morgan fingerprint density at radius 2 is 2.04 bits per heavy atom. The number of aromatic nitrogens is 3. The molecule has 0 atom stereocenters. The summed E-state index contributed by atoms with van der Waals surface area (Å²) in [6.07, 6.45) is 8.99. The SMILES string of the molecule is CCCOc1ccc(/C=N/n2c(C3CCCCC3)n[nH]c2=S)cc1. The lowest BCUT2D eigenvalue weighted by Gasteiger charge is -2.19. The quantitative estimate of drug-likeness (QED) is 0.612. The summed E-state index contributed by atoms with van der Waals surface area (Å²) in [5.41, 5.74) is 1.01. The van der Waals surface area contributed by atoms with Gasteiger partial charge in [0, 0.05) is 5.92 Å². The average Bonchev–Trinajstić information content (AvgIpc) is 3.00. The molecule has 0 spiro atoms. The molecule has 0 radical (unpaired) electrons. The number of nitrogens with zero attached hydrogens (tertiary/aromatic N) is 3. The Balaban J connectivity index is 1.74. The predicted octanol–water partition coefficient (Wildman–Crippen LogP) is 4.66. The van der Waals surface area contributed by atoms with Crippen molar-refractivity contribution in [3.05, 3.63) is 40.4 Å². The zero-order valence-corrected chi connectivity index (χ0v) is 14.9. The highest BCUT2D eigenvalue weighted by atomic mass is 32.1. The molecular formula is C18H24N4OS. The van der Waals surface area contributed by atoms with E-state index in [0.717, 1.165) is 30.2 Å². The lowest BCUT2D eigenvalue weighted by atomic mass is 9.89. The van der Waals surface area contributed by atoms with Crippen LogP contribution in [0.1, 0.15) is 62.8 Å². The molecule has 128 valence electrons. The van der Waals surface area contributed by atoms with Gasteiger partial charge in [0.05, 0.1) is 12.8 Å². The summed E-state index contributed by atoms with van der Waals surface area (Å²) < 4.78 is 7.92. The lowest BCUT2D eigenvalue weighted by molar-refractivity contribution is 0.317. The van der Waals surface area contributed by atoms with Gasteiger partial charge in [0.15, 0.2) is 5.82 Å². The molecule has 0 aliphatic heterocycles. The molecule has 5 nitrogen and oxygen atoms in total. The van der Waals surface area contributed by atoms with E-state index in [9.17, 15) is 0 Å². The Bertz CT molecular complexity index is 726. The first kappa shape index (κ1) is 16.9. The number of aromatic amines is 1. The van der Waals surface area contributed by atoms with Gasteiger partial charge in [-0.1, -0.05) is 26.2 Å². The fourth-order valence-electron chi connectivity index (χ4n) is 3.03. The van der Waals surface area contributed by atoms with Crippen molar-refractivity contribution in [3.8, 4) is 5.75 Å². The van der Waals surface area contributed by atoms with Crippen molar-refractivity contribution >= 4 is 18.4 Å². The molecule has 1 aliphatic carbocycles. The van der Waals surface area contributed by atoms with Crippen molar-refractivity contribution in [1.29, 1.82) is 0 Å². The van der Waals surface area contributed by atoms with Gasteiger partial charge in [0.25, 0.3) is 0 Å². The minimum Gasteiger partial charge on any atom is -0.494 e. The summed E-state index contributed by atoms with van der Waals surface area (Å²) >= 11 is 5.34. The topological polar surface area (TPSA) is 55.2 Å². The summed E-state index contributed by atoms with van der Waals surface area (Å²) in [4.78, 5) is 0. The van der Waals surface area contributed by atoms with E-state index in [1.165, 1.54) is 32.1 Å². The largest absolute Gasteiger partial charge is 0.494 e. The molecule has 24 heavy (non-hydrogen) atoms. The summed E-state index contributed by atoms with van der Waals surface area (Å²) in [5, 5.41) is 11.9. The molecule has 1 saturated carbocycles. The van der Waals surface area contributed by atoms with Crippen LogP contribution in [0.4, 0.5) is 0 Å². The van der Waals surface area contributed by atoms with Crippen molar-refractivity contribution in [2.45, 2.75) is 51.4 Å². The van der Waals surface area contributed by atoms with Crippen LogP contribution < -0.4 is 4.74 Å². The van der Waals surface area contributed by atoms with Gasteiger partial charge < -0.3 is 4.74 Å². The van der Waals surface area contributed by atoms with E-state index in [1.807, 2.05) is 30.5 Å². The smallest absolute Gasteiger partial charge is 0.216 e. The number of hydrogen-bond donors (Lipinski definition) is 1. The van der Waals surface area contributed by atoms with Crippen molar-refractivity contribution in [2.75, 3.05) is 6.61 Å². The van der Waals surface area contributed by atoms with Gasteiger partial charge in [-0.2, -0.15) is 14.9 Å². The lowest BCUT2D eigenvalue weighted by Crippen LogP contribution is -2.10. The van der Waals surface area contributed by atoms with E-state index in [2.05, 4.69) is 22.2 Å². The van der Waals surface area contributed by atoms with E-state index in [0.29, 0.717) is 10.7 Å². The number of ether oxygens (including phenoxy) is 1. The fraction of sp³-hybridized carbons (Fsp3) is 0.500. The van der Waals surface area contributed by atoms with Gasteiger partial charge in [-0.05, 0) is 61.3 Å². The standard InChI is InChI=1S/C18H24N4OS/c1-2-12-23-16-10-8-14(9-11-16)13-19-22-17(20-21-18(22)24)15-6-4-3-5-7-15/h8-11,13,15H,2-7,12H2,1H3,(H,21,24)/b19-13+. The molecule has 1 heterocycles. The molecule has 0 amide bonds. The van der Waals surface area contributed by atoms with Crippen LogP contribution in [0.5, 0.6) is 5.75 Å². The first-order valence-corrected chi connectivity index (χ1v) is 9.13. The Kier molecular flexibility index (Phi) is 5.80. The van der Waals surface area contributed by atoms with E-state index in [1.54, 1.807) is 4.68 Å². The molecule has 1 aromatic heterocycles. The van der Waals surface area contributed by atoms with Gasteiger partial charge >= 0.3 is 0 Å². The number of rotatable bonds is 6. The highest BCUT2D eigenvalue weighted by Crippen LogP contribution is 2.31. The number of H-pyrrole nitrogens is 1. The zero-order valence-electron chi connectivity index (χ0n) is 14.1. The van der Waals surface area contributed by atoms with Crippen LogP contribution in [0.2, 0.25) is 0 Å². The molecule has 0 unspecified atom stereocenters. The van der Waals surface area contributed by atoms with E-state index in [4.69, 9.17) is 17.0 Å². The van der Waals surface area contributed by atoms with Gasteiger partial charge in [0.1, 0.15) is 5.75 Å². The first-order chi connectivity index (χ1) is 11.8. The third-order valence-corrected chi connectivity index (χ3v) is 4.59. The highest BCUT2D eigenvalue weighted by molar-refractivity contribution is 7.71.